The SMILES string of the molecule is COc1cccc(CCC(=O)N(C)c2ccccc2-c2ccccc2)c1OC. The lowest BCUT2D eigenvalue weighted by Gasteiger charge is -2.21. The number of carbonyl (C=O) groups is 1. The predicted octanol–water partition coefficient (Wildman–Crippen LogP) is 4.97. The van der Waals surface area contributed by atoms with Crippen LogP contribution in [0.25, 0.3) is 11.1 Å². The Labute approximate surface area is 166 Å². The summed E-state index contributed by atoms with van der Waals surface area (Å²) in [5, 5.41) is 0. The minimum atomic E-state index is 0.0493. The van der Waals surface area contributed by atoms with Gasteiger partial charge < -0.3 is 14.4 Å². The zero-order chi connectivity index (χ0) is 19.9. The maximum atomic E-state index is 12.9. The number of amides is 1. The van der Waals surface area contributed by atoms with Crippen molar-refractivity contribution in [3.05, 3.63) is 78.4 Å². The van der Waals surface area contributed by atoms with Crippen LogP contribution in [0.2, 0.25) is 0 Å². The van der Waals surface area contributed by atoms with Crippen LogP contribution in [0.3, 0.4) is 0 Å². The topological polar surface area (TPSA) is 38.8 Å². The van der Waals surface area contributed by atoms with E-state index in [4.69, 9.17) is 9.47 Å². The van der Waals surface area contributed by atoms with Crippen molar-refractivity contribution in [1.82, 2.24) is 0 Å². The first kappa shape index (κ1) is 19.5. The molecular formula is C24H25NO3. The van der Waals surface area contributed by atoms with E-state index in [0.717, 1.165) is 22.4 Å². The summed E-state index contributed by atoms with van der Waals surface area (Å²) >= 11 is 0. The Morgan fingerprint density at radius 1 is 0.857 bits per heavy atom. The molecule has 0 saturated heterocycles. The number of ether oxygens (including phenoxy) is 2. The molecule has 1 amide bonds. The fourth-order valence-electron chi connectivity index (χ4n) is 3.32. The van der Waals surface area contributed by atoms with Crippen LogP contribution in [-0.2, 0) is 11.2 Å². The number of anilines is 1. The maximum absolute atomic E-state index is 12.9. The van der Waals surface area contributed by atoms with Crippen molar-refractivity contribution >= 4 is 11.6 Å². The summed E-state index contributed by atoms with van der Waals surface area (Å²) in [7, 11) is 5.05. The summed E-state index contributed by atoms with van der Waals surface area (Å²) in [5.41, 5.74) is 3.99. The first-order chi connectivity index (χ1) is 13.7. The summed E-state index contributed by atoms with van der Waals surface area (Å²) in [6.45, 7) is 0. The quantitative estimate of drug-likeness (QED) is 0.585. The summed E-state index contributed by atoms with van der Waals surface area (Å²) < 4.78 is 10.8. The van der Waals surface area contributed by atoms with E-state index in [-0.39, 0.29) is 5.91 Å². The van der Waals surface area contributed by atoms with Crippen molar-refractivity contribution in [2.45, 2.75) is 12.8 Å². The van der Waals surface area contributed by atoms with Gasteiger partial charge in [0, 0.05) is 19.0 Å². The van der Waals surface area contributed by atoms with Crippen LogP contribution in [-0.4, -0.2) is 27.2 Å². The van der Waals surface area contributed by atoms with Crippen LogP contribution in [0.15, 0.2) is 72.8 Å². The lowest BCUT2D eigenvalue weighted by atomic mass is 10.0. The van der Waals surface area contributed by atoms with Gasteiger partial charge in [-0.3, -0.25) is 4.79 Å². The van der Waals surface area contributed by atoms with Crippen molar-refractivity contribution in [3.63, 3.8) is 0 Å². The lowest BCUT2D eigenvalue weighted by molar-refractivity contribution is -0.118. The van der Waals surface area contributed by atoms with Gasteiger partial charge in [0.15, 0.2) is 11.5 Å². The summed E-state index contributed by atoms with van der Waals surface area (Å²) in [6, 6.07) is 23.8. The Kier molecular flexibility index (Phi) is 6.33. The van der Waals surface area contributed by atoms with Crippen LogP contribution >= 0.6 is 0 Å². The van der Waals surface area contributed by atoms with Crippen LogP contribution < -0.4 is 14.4 Å². The van der Waals surface area contributed by atoms with Crippen molar-refractivity contribution in [1.29, 1.82) is 0 Å². The van der Waals surface area contributed by atoms with Crippen LogP contribution in [0.1, 0.15) is 12.0 Å². The third-order valence-corrected chi connectivity index (χ3v) is 4.82. The molecule has 0 radical (unpaired) electrons. The van der Waals surface area contributed by atoms with E-state index in [2.05, 4.69) is 12.1 Å². The molecule has 0 aliphatic carbocycles. The van der Waals surface area contributed by atoms with E-state index in [1.807, 2.05) is 67.7 Å². The summed E-state index contributed by atoms with van der Waals surface area (Å²) in [5.74, 6) is 1.41. The van der Waals surface area contributed by atoms with Gasteiger partial charge in [0.05, 0.1) is 19.9 Å². The molecule has 3 aromatic carbocycles. The monoisotopic (exact) mass is 375 g/mol. The number of carbonyl (C=O) groups excluding carboxylic acids is 1. The third kappa shape index (κ3) is 4.17. The average molecular weight is 375 g/mol. The Morgan fingerprint density at radius 2 is 1.57 bits per heavy atom. The number of hydrogen-bond acceptors (Lipinski definition) is 3. The normalized spacial score (nSPS) is 10.4. The zero-order valence-electron chi connectivity index (χ0n) is 16.5. The number of methoxy groups -OCH3 is 2. The van der Waals surface area contributed by atoms with Gasteiger partial charge >= 0.3 is 0 Å². The molecule has 0 heterocycles. The van der Waals surface area contributed by atoms with Gasteiger partial charge in [-0.25, -0.2) is 0 Å². The average Bonchev–Trinajstić information content (AvgIpc) is 2.77. The molecule has 0 atom stereocenters. The van der Waals surface area contributed by atoms with Crippen LogP contribution in [0, 0.1) is 0 Å². The Bertz CT molecular complexity index is 938. The van der Waals surface area contributed by atoms with Gasteiger partial charge in [-0.2, -0.15) is 0 Å². The largest absolute Gasteiger partial charge is 0.493 e. The van der Waals surface area contributed by atoms with Gasteiger partial charge in [-0.15, -0.1) is 0 Å². The highest BCUT2D eigenvalue weighted by atomic mass is 16.5. The van der Waals surface area contributed by atoms with E-state index >= 15 is 0 Å². The molecule has 4 heteroatoms. The number of hydrogen-bond donors (Lipinski definition) is 0. The molecule has 0 aliphatic heterocycles. The summed E-state index contributed by atoms with van der Waals surface area (Å²) in [6.07, 6.45) is 0.959. The Balaban J connectivity index is 1.78. The molecule has 0 spiro atoms. The second-order valence-electron chi connectivity index (χ2n) is 6.49. The first-order valence-electron chi connectivity index (χ1n) is 9.26. The van der Waals surface area contributed by atoms with E-state index in [0.29, 0.717) is 24.3 Å². The minimum Gasteiger partial charge on any atom is -0.493 e. The van der Waals surface area contributed by atoms with Crippen LogP contribution in [0.4, 0.5) is 5.69 Å². The standard InChI is InChI=1S/C24H25NO3/c1-25(21-14-8-7-13-20(21)18-10-5-4-6-11-18)23(26)17-16-19-12-9-15-22(27-2)24(19)28-3/h4-15H,16-17H2,1-3H3. The van der Waals surface area contributed by atoms with E-state index in [1.54, 1.807) is 19.1 Å². The fourth-order valence-corrected chi connectivity index (χ4v) is 3.32. The maximum Gasteiger partial charge on any atom is 0.227 e. The van der Waals surface area contributed by atoms with Crippen molar-refractivity contribution < 1.29 is 14.3 Å². The molecule has 0 bridgehead atoms. The van der Waals surface area contributed by atoms with Gasteiger partial charge in [0.2, 0.25) is 5.91 Å². The number of aryl methyl sites for hydroxylation is 1. The van der Waals surface area contributed by atoms with Gasteiger partial charge in [-0.1, -0.05) is 60.7 Å². The Hall–Kier alpha value is -3.27. The van der Waals surface area contributed by atoms with Crippen molar-refractivity contribution in [2.75, 3.05) is 26.2 Å². The number of nitrogens with zero attached hydrogens (tertiary/aromatic N) is 1. The summed E-state index contributed by atoms with van der Waals surface area (Å²) in [4.78, 5) is 14.6. The van der Waals surface area contributed by atoms with Crippen LogP contribution in [0.5, 0.6) is 11.5 Å². The number of rotatable bonds is 7. The molecule has 0 N–H and O–H groups in total. The first-order valence-corrected chi connectivity index (χ1v) is 9.26. The molecule has 3 rings (SSSR count). The number of benzene rings is 3. The second kappa shape index (κ2) is 9.09. The molecule has 0 saturated carbocycles. The third-order valence-electron chi connectivity index (χ3n) is 4.82. The zero-order valence-corrected chi connectivity index (χ0v) is 16.5. The smallest absolute Gasteiger partial charge is 0.227 e. The highest BCUT2D eigenvalue weighted by Crippen LogP contribution is 2.33. The van der Waals surface area contributed by atoms with Crippen molar-refractivity contribution in [3.8, 4) is 22.6 Å². The van der Waals surface area contributed by atoms with E-state index < -0.39 is 0 Å². The highest BCUT2D eigenvalue weighted by molar-refractivity contribution is 5.97. The molecule has 28 heavy (non-hydrogen) atoms. The molecule has 3 aromatic rings. The predicted molar refractivity (Wildman–Crippen MR) is 113 cm³/mol. The van der Waals surface area contributed by atoms with Gasteiger partial charge in [0.25, 0.3) is 0 Å². The van der Waals surface area contributed by atoms with E-state index in [1.165, 1.54) is 0 Å². The lowest BCUT2D eigenvalue weighted by Crippen LogP contribution is -2.27. The minimum absolute atomic E-state index is 0.0493. The number of para-hydroxylation sites is 2. The van der Waals surface area contributed by atoms with Gasteiger partial charge in [-0.05, 0) is 29.7 Å². The Morgan fingerprint density at radius 3 is 2.29 bits per heavy atom. The molecule has 0 unspecified atom stereocenters. The van der Waals surface area contributed by atoms with Gasteiger partial charge in [0.1, 0.15) is 0 Å². The molecule has 144 valence electrons. The molecule has 0 fully saturated rings. The van der Waals surface area contributed by atoms with E-state index in [9.17, 15) is 4.79 Å². The fraction of sp³-hybridized carbons (Fsp3) is 0.208. The molecular weight excluding hydrogens is 350 g/mol. The molecule has 0 aromatic heterocycles. The highest BCUT2D eigenvalue weighted by Gasteiger charge is 2.17. The molecule has 0 aliphatic rings. The second-order valence-corrected chi connectivity index (χ2v) is 6.49. The molecule has 4 nitrogen and oxygen atoms in total. The van der Waals surface area contributed by atoms with Crippen molar-refractivity contribution in [2.24, 2.45) is 0 Å².